The van der Waals surface area contributed by atoms with Crippen LogP contribution in [-0.2, 0) is 10.0 Å². The number of halogens is 1. The molecule has 0 radical (unpaired) electrons. The number of aliphatic hydroxyl groups is 1. The van der Waals surface area contributed by atoms with E-state index < -0.39 is 20.9 Å². The predicted molar refractivity (Wildman–Crippen MR) is 62.7 cm³/mol. The molecule has 1 saturated carbocycles. The van der Waals surface area contributed by atoms with Crippen molar-refractivity contribution in [2.24, 2.45) is 5.92 Å². The first kappa shape index (κ1) is 13.4. The van der Waals surface area contributed by atoms with Gasteiger partial charge in [-0.05, 0) is 37.3 Å². The Hall–Kier alpha value is -1.05. The fraction of sp³-hybridized carbons (Fsp3) is 0.545. The van der Waals surface area contributed by atoms with Crippen LogP contribution in [0.2, 0.25) is 0 Å². The molecule has 0 bridgehead atoms. The number of pyridine rings is 1. The number of aliphatic hydroxyl groups excluding tert-OH is 1. The third-order valence-corrected chi connectivity index (χ3v) is 4.41. The van der Waals surface area contributed by atoms with Gasteiger partial charge in [-0.15, -0.1) is 0 Å². The van der Waals surface area contributed by atoms with Crippen LogP contribution >= 0.6 is 0 Å². The van der Waals surface area contributed by atoms with E-state index in [4.69, 9.17) is 0 Å². The van der Waals surface area contributed by atoms with Crippen molar-refractivity contribution in [1.29, 1.82) is 0 Å². The zero-order valence-electron chi connectivity index (χ0n) is 9.71. The van der Waals surface area contributed by atoms with Crippen molar-refractivity contribution in [3.8, 4) is 0 Å². The molecule has 0 aromatic carbocycles. The van der Waals surface area contributed by atoms with Crippen LogP contribution in [0.15, 0.2) is 23.4 Å². The Morgan fingerprint density at radius 3 is 2.89 bits per heavy atom. The highest BCUT2D eigenvalue weighted by Crippen LogP contribution is 2.25. The molecule has 0 aliphatic heterocycles. The van der Waals surface area contributed by atoms with E-state index >= 15 is 0 Å². The lowest BCUT2D eigenvalue weighted by molar-refractivity contribution is 0.178. The molecule has 1 aliphatic rings. The van der Waals surface area contributed by atoms with Gasteiger partial charge in [0, 0.05) is 12.7 Å². The fourth-order valence-corrected chi connectivity index (χ4v) is 3.22. The molecule has 100 valence electrons. The molecule has 1 aromatic heterocycles. The van der Waals surface area contributed by atoms with E-state index in [0.29, 0.717) is 12.8 Å². The van der Waals surface area contributed by atoms with Crippen molar-refractivity contribution in [2.45, 2.75) is 30.4 Å². The number of aromatic nitrogens is 1. The molecule has 7 heteroatoms. The number of sulfonamides is 1. The Morgan fingerprint density at radius 1 is 1.50 bits per heavy atom. The minimum absolute atomic E-state index is 0.0987. The maximum absolute atomic E-state index is 13.3. The quantitative estimate of drug-likeness (QED) is 0.845. The molecule has 0 amide bonds. The maximum atomic E-state index is 13.3. The lowest BCUT2D eigenvalue weighted by Gasteiger charge is -2.11. The number of hydrogen-bond acceptors (Lipinski definition) is 4. The molecular formula is C11H15FN2O3S. The van der Waals surface area contributed by atoms with E-state index in [9.17, 15) is 17.9 Å². The molecular weight excluding hydrogens is 259 g/mol. The first-order valence-corrected chi connectivity index (χ1v) is 7.25. The second-order valence-electron chi connectivity index (χ2n) is 4.48. The maximum Gasteiger partial charge on any atom is 0.261 e. The van der Waals surface area contributed by atoms with Gasteiger partial charge in [0.15, 0.2) is 5.82 Å². The van der Waals surface area contributed by atoms with Gasteiger partial charge in [-0.3, -0.25) is 0 Å². The summed E-state index contributed by atoms with van der Waals surface area (Å²) in [5.41, 5.74) is 0. The van der Waals surface area contributed by atoms with E-state index in [1.807, 2.05) is 0 Å². The van der Waals surface area contributed by atoms with Gasteiger partial charge in [-0.2, -0.15) is 0 Å². The molecule has 1 aromatic rings. The third kappa shape index (κ3) is 3.04. The van der Waals surface area contributed by atoms with Gasteiger partial charge in [0.2, 0.25) is 5.03 Å². The molecule has 2 rings (SSSR count). The molecule has 0 saturated heterocycles. The second-order valence-corrected chi connectivity index (χ2v) is 6.16. The highest BCUT2D eigenvalue weighted by atomic mass is 32.2. The van der Waals surface area contributed by atoms with Crippen molar-refractivity contribution < 1.29 is 17.9 Å². The summed E-state index contributed by atoms with van der Waals surface area (Å²) in [6, 6.07) is 2.39. The van der Waals surface area contributed by atoms with Gasteiger partial charge in [-0.1, -0.05) is 0 Å². The van der Waals surface area contributed by atoms with E-state index in [1.165, 1.54) is 12.3 Å². The first-order chi connectivity index (χ1) is 8.49. The summed E-state index contributed by atoms with van der Waals surface area (Å²) in [7, 11) is -3.91. The Bertz CT molecular complexity index is 521. The SMILES string of the molecule is O=S(=O)(NCC1CCC(O)C1)c1ncccc1F. The molecule has 18 heavy (non-hydrogen) atoms. The van der Waals surface area contributed by atoms with E-state index in [1.54, 1.807) is 0 Å². The van der Waals surface area contributed by atoms with Gasteiger partial charge < -0.3 is 5.11 Å². The van der Waals surface area contributed by atoms with Crippen LogP contribution in [0, 0.1) is 11.7 Å². The molecule has 5 nitrogen and oxygen atoms in total. The highest BCUT2D eigenvalue weighted by Gasteiger charge is 2.26. The van der Waals surface area contributed by atoms with Gasteiger partial charge in [0.1, 0.15) is 0 Å². The van der Waals surface area contributed by atoms with Crippen molar-refractivity contribution >= 4 is 10.0 Å². The van der Waals surface area contributed by atoms with Crippen molar-refractivity contribution in [1.82, 2.24) is 9.71 Å². The van der Waals surface area contributed by atoms with Crippen LogP contribution in [-0.4, -0.2) is 31.2 Å². The fourth-order valence-electron chi connectivity index (χ4n) is 2.10. The van der Waals surface area contributed by atoms with Crippen LogP contribution in [0.1, 0.15) is 19.3 Å². The van der Waals surface area contributed by atoms with Gasteiger partial charge in [-0.25, -0.2) is 22.5 Å². The molecule has 1 aliphatic carbocycles. The Morgan fingerprint density at radius 2 is 2.28 bits per heavy atom. The zero-order valence-corrected chi connectivity index (χ0v) is 10.5. The molecule has 2 atom stereocenters. The summed E-state index contributed by atoms with van der Waals surface area (Å²) < 4.78 is 39.3. The van der Waals surface area contributed by atoms with E-state index in [-0.39, 0.29) is 18.6 Å². The second kappa shape index (κ2) is 5.29. The zero-order chi connectivity index (χ0) is 13.2. The standard InChI is InChI=1S/C11H15FN2O3S/c12-10-2-1-5-13-11(10)18(16,17)14-7-8-3-4-9(15)6-8/h1-2,5,8-9,14-15H,3-4,6-7H2. The van der Waals surface area contributed by atoms with Crippen molar-refractivity contribution in [3.63, 3.8) is 0 Å². The highest BCUT2D eigenvalue weighted by molar-refractivity contribution is 7.89. The average Bonchev–Trinajstić information content (AvgIpc) is 2.73. The largest absolute Gasteiger partial charge is 0.393 e. The predicted octanol–water partition coefficient (Wildman–Crippen LogP) is 0.660. The van der Waals surface area contributed by atoms with Crippen LogP contribution in [0.25, 0.3) is 0 Å². The Kier molecular flexibility index (Phi) is 3.94. The van der Waals surface area contributed by atoms with Crippen LogP contribution < -0.4 is 4.72 Å². The van der Waals surface area contributed by atoms with Gasteiger partial charge in [0.25, 0.3) is 10.0 Å². The minimum Gasteiger partial charge on any atom is -0.393 e. The number of nitrogens with one attached hydrogen (secondary N) is 1. The Labute approximate surface area is 105 Å². The normalized spacial score (nSPS) is 24.3. The lowest BCUT2D eigenvalue weighted by Crippen LogP contribution is -2.30. The van der Waals surface area contributed by atoms with Crippen LogP contribution in [0.3, 0.4) is 0 Å². The molecule has 2 unspecified atom stereocenters. The van der Waals surface area contributed by atoms with E-state index in [2.05, 4.69) is 9.71 Å². The molecule has 0 spiro atoms. The number of hydrogen-bond donors (Lipinski definition) is 2. The monoisotopic (exact) mass is 274 g/mol. The summed E-state index contributed by atoms with van der Waals surface area (Å²) in [4.78, 5) is 3.54. The smallest absolute Gasteiger partial charge is 0.261 e. The van der Waals surface area contributed by atoms with Crippen LogP contribution in [0.4, 0.5) is 4.39 Å². The average molecular weight is 274 g/mol. The topological polar surface area (TPSA) is 79.3 Å². The van der Waals surface area contributed by atoms with Crippen LogP contribution in [0.5, 0.6) is 0 Å². The van der Waals surface area contributed by atoms with E-state index in [0.717, 1.165) is 12.5 Å². The summed E-state index contributed by atoms with van der Waals surface area (Å²) in [6.07, 6.45) is 2.91. The summed E-state index contributed by atoms with van der Waals surface area (Å²) in [5.74, 6) is -0.766. The summed E-state index contributed by atoms with van der Waals surface area (Å²) in [5, 5.41) is 8.76. The lowest BCUT2D eigenvalue weighted by atomic mass is 10.1. The number of nitrogens with zero attached hydrogens (tertiary/aromatic N) is 1. The van der Waals surface area contributed by atoms with Crippen molar-refractivity contribution in [2.75, 3.05) is 6.54 Å². The number of rotatable bonds is 4. The molecule has 2 N–H and O–H groups in total. The van der Waals surface area contributed by atoms with Gasteiger partial charge in [0.05, 0.1) is 6.10 Å². The third-order valence-electron chi connectivity index (χ3n) is 3.05. The molecule has 1 heterocycles. The molecule has 1 fully saturated rings. The summed E-state index contributed by atoms with van der Waals surface area (Å²) >= 11 is 0. The summed E-state index contributed by atoms with van der Waals surface area (Å²) in [6.45, 7) is 0.204. The van der Waals surface area contributed by atoms with Gasteiger partial charge >= 0.3 is 0 Å². The van der Waals surface area contributed by atoms with Crippen molar-refractivity contribution in [3.05, 3.63) is 24.1 Å². The minimum atomic E-state index is -3.91. The Balaban J connectivity index is 2.02. The first-order valence-electron chi connectivity index (χ1n) is 5.77.